The highest BCUT2D eigenvalue weighted by Gasteiger charge is 2.59. The van der Waals surface area contributed by atoms with E-state index in [1.165, 1.54) is 0 Å². The number of amides is 1. The molecule has 2 saturated heterocycles. The Morgan fingerprint density at radius 1 is 1.28 bits per heavy atom. The number of ether oxygens (including phenoxy) is 1. The number of piperidine rings is 2. The fraction of sp³-hybridized carbons (Fsp3) is 0.929. The molecule has 0 aromatic carbocycles. The summed E-state index contributed by atoms with van der Waals surface area (Å²) in [7, 11) is 0. The third kappa shape index (κ3) is 2.35. The molecule has 2 aliphatic heterocycles. The Morgan fingerprint density at radius 3 is 2.28 bits per heavy atom. The van der Waals surface area contributed by atoms with Gasteiger partial charge in [0, 0.05) is 18.5 Å². The van der Waals surface area contributed by atoms with Crippen molar-refractivity contribution >= 4 is 6.09 Å². The van der Waals surface area contributed by atoms with Gasteiger partial charge in [-0.1, -0.05) is 6.92 Å². The van der Waals surface area contributed by atoms with Crippen molar-refractivity contribution < 1.29 is 14.6 Å². The Kier molecular flexibility index (Phi) is 3.13. The number of fused-ring (bicyclic) bond motifs is 2. The standard InChI is InChI=1S/C14H25NO3/c1-5-13-6-14(7-13,10-16)9-15(8-13)11(17)18-12(2,3)4/h16H,5-10H2,1-4H3. The molecule has 2 bridgehead atoms. The third-order valence-electron chi connectivity index (χ3n) is 4.29. The van der Waals surface area contributed by atoms with Gasteiger partial charge in [0.2, 0.25) is 0 Å². The molecule has 1 amide bonds. The molecule has 0 radical (unpaired) electrons. The maximum absolute atomic E-state index is 12.1. The smallest absolute Gasteiger partial charge is 0.410 e. The van der Waals surface area contributed by atoms with Crippen LogP contribution in [0.15, 0.2) is 0 Å². The van der Waals surface area contributed by atoms with Gasteiger partial charge < -0.3 is 14.7 Å². The summed E-state index contributed by atoms with van der Waals surface area (Å²) in [5.74, 6) is 0. The van der Waals surface area contributed by atoms with Gasteiger partial charge in [0.15, 0.2) is 0 Å². The SMILES string of the molecule is CCC12CN(C(=O)OC(C)(C)C)CC(CO)(C1)C2. The topological polar surface area (TPSA) is 49.8 Å². The number of hydrogen-bond acceptors (Lipinski definition) is 3. The molecule has 0 unspecified atom stereocenters. The van der Waals surface area contributed by atoms with Gasteiger partial charge in [0.25, 0.3) is 0 Å². The first-order valence-corrected chi connectivity index (χ1v) is 6.82. The lowest BCUT2D eigenvalue weighted by atomic mass is 9.49. The molecule has 18 heavy (non-hydrogen) atoms. The van der Waals surface area contributed by atoms with Crippen LogP contribution in [0, 0.1) is 10.8 Å². The van der Waals surface area contributed by atoms with Crippen LogP contribution in [0.3, 0.4) is 0 Å². The first-order chi connectivity index (χ1) is 8.23. The fourth-order valence-corrected chi connectivity index (χ4v) is 3.61. The van der Waals surface area contributed by atoms with Crippen molar-refractivity contribution in [3.8, 4) is 0 Å². The number of hydrogen-bond donors (Lipinski definition) is 1. The summed E-state index contributed by atoms with van der Waals surface area (Å²) in [4.78, 5) is 13.9. The quantitative estimate of drug-likeness (QED) is 0.824. The van der Waals surface area contributed by atoms with E-state index in [0.29, 0.717) is 6.54 Å². The predicted molar refractivity (Wildman–Crippen MR) is 69.3 cm³/mol. The molecule has 2 heterocycles. The zero-order chi connectivity index (χ0) is 13.6. The molecule has 0 aromatic rings. The average molecular weight is 255 g/mol. The number of aliphatic hydroxyl groups is 1. The number of carbonyl (C=O) groups is 1. The van der Waals surface area contributed by atoms with Gasteiger partial charge in [-0.2, -0.15) is 0 Å². The Morgan fingerprint density at radius 2 is 1.83 bits per heavy atom. The summed E-state index contributed by atoms with van der Waals surface area (Å²) in [6, 6.07) is 0. The van der Waals surface area contributed by atoms with E-state index in [-0.39, 0.29) is 23.5 Å². The molecule has 104 valence electrons. The third-order valence-corrected chi connectivity index (χ3v) is 4.29. The van der Waals surface area contributed by atoms with Gasteiger partial charge in [0.1, 0.15) is 5.60 Å². The fourth-order valence-electron chi connectivity index (χ4n) is 3.61. The molecule has 3 fully saturated rings. The highest BCUT2D eigenvalue weighted by atomic mass is 16.6. The minimum Gasteiger partial charge on any atom is -0.444 e. The van der Waals surface area contributed by atoms with Gasteiger partial charge in [-0.15, -0.1) is 0 Å². The van der Waals surface area contributed by atoms with Gasteiger partial charge in [-0.05, 0) is 45.4 Å². The predicted octanol–water partition coefficient (Wildman–Crippen LogP) is 2.41. The Hall–Kier alpha value is -0.770. The maximum Gasteiger partial charge on any atom is 0.410 e. The summed E-state index contributed by atoms with van der Waals surface area (Å²) in [5.41, 5.74) is -0.298. The molecular weight excluding hydrogens is 230 g/mol. The highest BCUT2D eigenvalue weighted by molar-refractivity contribution is 5.68. The first kappa shape index (κ1) is 13.7. The van der Waals surface area contributed by atoms with Crippen molar-refractivity contribution in [2.45, 2.75) is 52.6 Å². The number of aliphatic hydroxyl groups excluding tert-OH is 1. The van der Waals surface area contributed by atoms with Crippen molar-refractivity contribution in [3.63, 3.8) is 0 Å². The summed E-state index contributed by atoms with van der Waals surface area (Å²) in [5, 5.41) is 9.55. The zero-order valence-electron chi connectivity index (χ0n) is 12.0. The van der Waals surface area contributed by atoms with Gasteiger partial charge in [-0.3, -0.25) is 0 Å². The molecule has 0 aromatic heterocycles. The molecule has 4 heteroatoms. The number of carbonyl (C=O) groups excluding carboxylic acids is 1. The van der Waals surface area contributed by atoms with Crippen molar-refractivity contribution in [2.24, 2.45) is 10.8 Å². The largest absolute Gasteiger partial charge is 0.444 e. The molecule has 0 spiro atoms. The summed E-state index contributed by atoms with van der Waals surface area (Å²) < 4.78 is 5.43. The van der Waals surface area contributed by atoms with Crippen LogP contribution >= 0.6 is 0 Å². The van der Waals surface area contributed by atoms with E-state index in [1.807, 2.05) is 20.8 Å². The minimum absolute atomic E-state index is 0.0643. The molecule has 4 nitrogen and oxygen atoms in total. The van der Waals surface area contributed by atoms with E-state index in [1.54, 1.807) is 4.90 Å². The lowest BCUT2D eigenvalue weighted by Crippen LogP contribution is -2.65. The van der Waals surface area contributed by atoms with Crippen LogP contribution in [0.2, 0.25) is 0 Å². The highest BCUT2D eigenvalue weighted by Crippen LogP contribution is 2.60. The second-order valence-electron chi connectivity index (χ2n) is 7.20. The van der Waals surface area contributed by atoms with Crippen molar-refractivity contribution in [3.05, 3.63) is 0 Å². The lowest BCUT2D eigenvalue weighted by Gasteiger charge is -2.63. The first-order valence-electron chi connectivity index (χ1n) is 6.82. The van der Waals surface area contributed by atoms with Crippen molar-refractivity contribution in [2.75, 3.05) is 19.7 Å². The Bertz CT molecular complexity index is 321. The molecular formula is C14H25NO3. The zero-order valence-corrected chi connectivity index (χ0v) is 12.0. The van der Waals surface area contributed by atoms with Crippen LogP contribution in [-0.2, 0) is 4.74 Å². The summed E-state index contributed by atoms with van der Waals surface area (Å²) in [6.07, 6.45) is 2.92. The molecule has 1 N–H and O–H groups in total. The molecule has 1 saturated carbocycles. The van der Waals surface area contributed by atoms with Crippen LogP contribution in [0.4, 0.5) is 4.79 Å². The molecule has 3 rings (SSSR count). The van der Waals surface area contributed by atoms with Crippen molar-refractivity contribution in [1.29, 1.82) is 0 Å². The van der Waals surface area contributed by atoms with Crippen LogP contribution < -0.4 is 0 Å². The van der Waals surface area contributed by atoms with Gasteiger partial charge in [-0.25, -0.2) is 4.79 Å². The van der Waals surface area contributed by atoms with Gasteiger partial charge >= 0.3 is 6.09 Å². The number of nitrogens with zero attached hydrogens (tertiary/aromatic N) is 1. The summed E-state index contributed by atoms with van der Waals surface area (Å²) >= 11 is 0. The van der Waals surface area contributed by atoms with E-state index in [2.05, 4.69) is 6.92 Å². The minimum atomic E-state index is -0.454. The van der Waals surface area contributed by atoms with Gasteiger partial charge in [0.05, 0.1) is 6.61 Å². The van der Waals surface area contributed by atoms with E-state index in [0.717, 1.165) is 25.8 Å². The number of rotatable bonds is 2. The average Bonchev–Trinajstić information content (AvgIpc) is 2.25. The maximum atomic E-state index is 12.1. The van der Waals surface area contributed by atoms with Crippen LogP contribution in [-0.4, -0.2) is 41.4 Å². The van der Waals surface area contributed by atoms with E-state index in [4.69, 9.17) is 4.74 Å². The molecule has 3 aliphatic rings. The van der Waals surface area contributed by atoms with E-state index < -0.39 is 5.60 Å². The van der Waals surface area contributed by atoms with Crippen LogP contribution in [0.5, 0.6) is 0 Å². The monoisotopic (exact) mass is 255 g/mol. The van der Waals surface area contributed by atoms with Crippen LogP contribution in [0.25, 0.3) is 0 Å². The lowest BCUT2D eigenvalue weighted by molar-refractivity contribution is -0.152. The van der Waals surface area contributed by atoms with Crippen molar-refractivity contribution in [1.82, 2.24) is 4.90 Å². The second-order valence-corrected chi connectivity index (χ2v) is 7.20. The van der Waals surface area contributed by atoms with E-state index in [9.17, 15) is 9.90 Å². The van der Waals surface area contributed by atoms with E-state index >= 15 is 0 Å². The normalized spacial score (nSPS) is 35.1. The second kappa shape index (κ2) is 4.12. The Labute approximate surface area is 109 Å². The molecule has 0 atom stereocenters. The summed E-state index contributed by atoms with van der Waals surface area (Å²) in [6.45, 7) is 9.40. The molecule has 1 aliphatic carbocycles. The Balaban J connectivity index is 2.05. The van der Waals surface area contributed by atoms with Crippen LogP contribution in [0.1, 0.15) is 47.0 Å².